The van der Waals surface area contributed by atoms with E-state index in [2.05, 4.69) is 5.32 Å². The minimum atomic E-state index is -1.04. The second kappa shape index (κ2) is 8.98. The highest BCUT2D eigenvalue weighted by Crippen LogP contribution is 2.44. The van der Waals surface area contributed by atoms with Gasteiger partial charge in [-0.25, -0.2) is 4.79 Å². The Morgan fingerprint density at radius 1 is 1.00 bits per heavy atom. The largest absolute Gasteiger partial charge is 0.415 e. The van der Waals surface area contributed by atoms with Crippen molar-refractivity contribution in [2.45, 2.75) is 64.2 Å². The van der Waals surface area contributed by atoms with Crippen molar-refractivity contribution >= 4 is 17.6 Å². The molecule has 2 amide bonds. The molecule has 2 saturated heterocycles. The van der Waals surface area contributed by atoms with Crippen molar-refractivity contribution in [3.8, 4) is 0 Å². The van der Waals surface area contributed by atoms with Crippen LogP contribution in [0.25, 0.3) is 5.57 Å². The molecular weight excluding hydrogens is 436 g/mol. The van der Waals surface area contributed by atoms with Gasteiger partial charge < -0.3 is 29.2 Å². The Kier molecular flexibility index (Phi) is 6.16. The first-order chi connectivity index (χ1) is 16.3. The molecule has 1 aromatic carbocycles. The highest BCUT2D eigenvalue weighted by molar-refractivity contribution is 6.24. The number of ether oxygens (including phenoxy) is 4. The van der Waals surface area contributed by atoms with Gasteiger partial charge in [0.25, 0.3) is 5.91 Å². The van der Waals surface area contributed by atoms with E-state index >= 15 is 0 Å². The van der Waals surface area contributed by atoms with E-state index in [1.54, 1.807) is 4.90 Å². The highest BCUT2D eigenvalue weighted by atomic mass is 16.7. The highest BCUT2D eigenvalue weighted by Gasteiger charge is 2.55. The number of morpholine rings is 1. The molecule has 3 fully saturated rings. The minimum Gasteiger partial charge on any atom is -0.411 e. The van der Waals surface area contributed by atoms with Crippen LogP contribution in [0.4, 0.5) is 4.79 Å². The summed E-state index contributed by atoms with van der Waals surface area (Å²) in [6.45, 7) is 8.24. The molecule has 8 heteroatoms. The molecule has 184 valence electrons. The van der Waals surface area contributed by atoms with Crippen molar-refractivity contribution in [1.82, 2.24) is 10.2 Å². The second-order valence-electron chi connectivity index (χ2n) is 10.0. The predicted octanol–water partition coefficient (Wildman–Crippen LogP) is 3.37. The van der Waals surface area contributed by atoms with Gasteiger partial charge in [-0.2, -0.15) is 0 Å². The van der Waals surface area contributed by atoms with Gasteiger partial charge in [0.05, 0.1) is 32.0 Å². The molecule has 1 aromatic rings. The van der Waals surface area contributed by atoms with Crippen LogP contribution in [0.3, 0.4) is 0 Å². The molecule has 8 nitrogen and oxygen atoms in total. The van der Waals surface area contributed by atoms with Crippen LogP contribution in [0.1, 0.15) is 54.4 Å². The van der Waals surface area contributed by atoms with Crippen LogP contribution >= 0.6 is 0 Å². The molecule has 5 rings (SSSR count). The molecule has 1 saturated carbocycles. The van der Waals surface area contributed by atoms with Gasteiger partial charge in [0, 0.05) is 25.9 Å². The molecule has 3 heterocycles. The van der Waals surface area contributed by atoms with Gasteiger partial charge in [-0.1, -0.05) is 24.1 Å². The third-order valence-electron chi connectivity index (χ3n) is 7.41. The SMILES string of the molecule is Cc1cc(C)c(C2=C(OC(=O)N3CCOCC3)C3(COC4(CCCCC4)OC3)NC2=O)c(C)c1. The third kappa shape index (κ3) is 4.12. The molecule has 0 aromatic heterocycles. The first-order valence-electron chi connectivity index (χ1n) is 12.3. The van der Waals surface area contributed by atoms with Crippen molar-refractivity contribution in [2.75, 3.05) is 39.5 Å². The topological polar surface area (TPSA) is 86.3 Å². The number of nitrogens with zero attached hydrogens (tertiary/aromatic N) is 1. The first-order valence-corrected chi connectivity index (χ1v) is 12.3. The van der Waals surface area contributed by atoms with Crippen LogP contribution in [0, 0.1) is 20.8 Å². The molecule has 4 aliphatic rings. The van der Waals surface area contributed by atoms with Crippen LogP contribution in [0.5, 0.6) is 0 Å². The normalized spacial score (nSPS) is 24.0. The van der Waals surface area contributed by atoms with E-state index in [0.29, 0.717) is 37.6 Å². The van der Waals surface area contributed by atoms with Gasteiger partial charge in [0.2, 0.25) is 0 Å². The van der Waals surface area contributed by atoms with Gasteiger partial charge in [-0.15, -0.1) is 0 Å². The van der Waals surface area contributed by atoms with Gasteiger partial charge in [-0.05, 0) is 50.3 Å². The Morgan fingerprint density at radius 2 is 1.62 bits per heavy atom. The average Bonchev–Trinajstić information content (AvgIpc) is 3.08. The number of hydrogen-bond acceptors (Lipinski definition) is 6. The number of hydrogen-bond donors (Lipinski definition) is 1. The molecule has 34 heavy (non-hydrogen) atoms. The van der Waals surface area contributed by atoms with E-state index in [9.17, 15) is 9.59 Å². The minimum absolute atomic E-state index is 0.206. The molecule has 1 aliphatic carbocycles. The molecule has 0 bridgehead atoms. The lowest BCUT2D eigenvalue weighted by Gasteiger charge is -2.46. The zero-order chi connectivity index (χ0) is 23.9. The fourth-order valence-corrected chi connectivity index (χ4v) is 5.70. The Labute approximate surface area is 200 Å². The van der Waals surface area contributed by atoms with Gasteiger partial charge in [0.1, 0.15) is 5.54 Å². The summed E-state index contributed by atoms with van der Waals surface area (Å²) >= 11 is 0. The molecular formula is C26H34N2O6. The maximum Gasteiger partial charge on any atom is 0.415 e. The predicted molar refractivity (Wildman–Crippen MR) is 125 cm³/mol. The van der Waals surface area contributed by atoms with Crippen molar-refractivity contribution in [2.24, 2.45) is 0 Å². The summed E-state index contributed by atoms with van der Waals surface area (Å²) in [6, 6.07) is 4.08. The number of nitrogens with one attached hydrogen (secondary N) is 1. The van der Waals surface area contributed by atoms with Crippen LogP contribution in [-0.4, -0.2) is 67.7 Å². The number of carbonyl (C=O) groups excluding carboxylic acids is 2. The van der Waals surface area contributed by atoms with Gasteiger partial charge in [0.15, 0.2) is 11.5 Å². The van der Waals surface area contributed by atoms with E-state index in [0.717, 1.165) is 47.9 Å². The molecule has 0 atom stereocenters. The summed E-state index contributed by atoms with van der Waals surface area (Å²) in [5, 5.41) is 3.08. The molecule has 0 unspecified atom stereocenters. The number of carbonyl (C=O) groups is 2. The van der Waals surface area contributed by atoms with E-state index in [-0.39, 0.29) is 19.1 Å². The average molecular weight is 471 g/mol. The van der Waals surface area contributed by atoms with Crippen LogP contribution in [0.15, 0.2) is 17.9 Å². The fourth-order valence-electron chi connectivity index (χ4n) is 5.70. The summed E-state index contributed by atoms with van der Waals surface area (Å²) in [4.78, 5) is 28.3. The molecule has 1 N–H and O–H groups in total. The molecule has 2 spiro atoms. The molecule has 3 aliphatic heterocycles. The van der Waals surface area contributed by atoms with Crippen LogP contribution in [-0.2, 0) is 23.7 Å². The van der Waals surface area contributed by atoms with Crippen molar-refractivity contribution in [3.05, 3.63) is 40.1 Å². The smallest absolute Gasteiger partial charge is 0.411 e. The van der Waals surface area contributed by atoms with Crippen molar-refractivity contribution in [1.29, 1.82) is 0 Å². The first kappa shape index (κ1) is 23.3. The fraction of sp³-hybridized carbons (Fsp3) is 0.615. The zero-order valence-electron chi connectivity index (χ0n) is 20.3. The Balaban J connectivity index is 1.54. The maximum absolute atomic E-state index is 13.5. The van der Waals surface area contributed by atoms with Crippen molar-refractivity contribution in [3.63, 3.8) is 0 Å². The lowest BCUT2D eigenvalue weighted by atomic mass is 9.89. The lowest BCUT2D eigenvalue weighted by molar-refractivity contribution is -0.299. The molecule has 0 radical (unpaired) electrons. The summed E-state index contributed by atoms with van der Waals surface area (Å²) in [6.07, 6.45) is 4.49. The van der Waals surface area contributed by atoms with E-state index in [1.165, 1.54) is 6.42 Å². The van der Waals surface area contributed by atoms with E-state index < -0.39 is 17.4 Å². The number of aryl methyl sites for hydroxylation is 3. The maximum atomic E-state index is 13.5. The number of rotatable bonds is 2. The number of amides is 2. The van der Waals surface area contributed by atoms with Crippen LogP contribution < -0.4 is 5.32 Å². The monoisotopic (exact) mass is 470 g/mol. The third-order valence-corrected chi connectivity index (χ3v) is 7.41. The Morgan fingerprint density at radius 3 is 2.24 bits per heavy atom. The van der Waals surface area contributed by atoms with E-state index in [1.807, 2.05) is 32.9 Å². The summed E-state index contributed by atoms with van der Waals surface area (Å²) in [5.41, 5.74) is 3.18. The zero-order valence-corrected chi connectivity index (χ0v) is 20.3. The second-order valence-corrected chi connectivity index (χ2v) is 10.0. The summed E-state index contributed by atoms with van der Waals surface area (Å²) in [5.74, 6) is -0.576. The van der Waals surface area contributed by atoms with Crippen molar-refractivity contribution < 1.29 is 28.5 Å². The Hall–Kier alpha value is -2.42. The Bertz CT molecular complexity index is 987. The number of benzene rings is 1. The van der Waals surface area contributed by atoms with Crippen LogP contribution in [0.2, 0.25) is 0 Å². The summed E-state index contributed by atoms with van der Waals surface area (Å²) in [7, 11) is 0. The quantitative estimate of drug-likeness (QED) is 0.713. The lowest BCUT2D eigenvalue weighted by Crippen LogP contribution is -2.61. The standard InChI is InChI=1S/C26H34N2O6/c1-17-13-18(2)20(19(3)14-17)21-22(34-24(30)28-9-11-31-12-10-28)25(27-23(21)29)15-32-26(33-16-25)7-5-4-6-8-26/h13-14H,4-12,15-16H2,1-3H3,(H,27,29). The van der Waals surface area contributed by atoms with Gasteiger partial charge >= 0.3 is 6.09 Å². The van der Waals surface area contributed by atoms with E-state index in [4.69, 9.17) is 18.9 Å². The van der Waals surface area contributed by atoms with Gasteiger partial charge in [-0.3, -0.25) is 4.79 Å². The summed E-state index contributed by atoms with van der Waals surface area (Å²) < 4.78 is 24.1.